The number of nitrogens with zero attached hydrogens (tertiary/aromatic N) is 2. The number of aromatic nitrogens is 2. The summed E-state index contributed by atoms with van der Waals surface area (Å²) < 4.78 is 6.97. The van der Waals surface area contributed by atoms with Gasteiger partial charge in [0, 0.05) is 21.8 Å². The zero-order valence-electron chi connectivity index (χ0n) is 11.1. The van der Waals surface area contributed by atoms with Gasteiger partial charge in [-0.25, -0.2) is 4.98 Å². The quantitative estimate of drug-likeness (QED) is 0.803. The van der Waals surface area contributed by atoms with Gasteiger partial charge in [-0.05, 0) is 13.0 Å². The largest absolute Gasteiger partial charge is 0.468 e. The highest BCUT2D eigenvalue weighted by molar-refractivity contribution is 9.10. The van der Waals surface area contributed by atoms with Crippen LogP contribution in [0.4, 0.5) is 0 Å². The Morgan fingerprint density at radius 2 is 2.10 bits per heavy atom. The lowest BCUT2D eigenvalue weighted by molar-refractivity contribution is 0.0965. The fourth-order valence-corrected chi connectivity index (χ4v) is 2.32. The van der Waals surface area contributed by atoms with E-state index in [1.807, 2.05) is 6.07 Å². The lowest BCUT2D eigenvalue weighted by Gasteiger charge is -2.10. The standard InChI is InChI=1S/C14H13BrN2O3/c1-9-7-13(19)17(14(16-9)20-2)8-12(18)10-5-3-4-6-11(10)15/h3-7H,8H2,1-2H3. The number of methoxy groups -OCH3 is 1. The lowest BCUT2D eigenvalue weighted by atomic mass is 10.1. The summed E-state index contributed by atoms with van der Waals surface area (Å²) in [5.74, 6) is -0.191. The van der Waals surface area contributed by atoms with Gasteiger partial charge in [-0.2, -0.15) is 0 Å². The van der Waals surface area contributed by atoms with Crippen LogP contribution in [0.2, 0.25) is 0 Å². The summed E-state index contributed by atoms with van der Waals surface area (Å²) in [7, 11) is 1.42. The molecule has 0 saturated heterocycles. The summed E-state index contributed by atoms with van der Waals surface area (Å²) >= 11 is 3.32. The van der Waals surface area contributed by atoms with E-state index in [-0.39, 0.29) is 23.9 Å². The highest BCUT2D eigenvalue weighted by Gasteiger charge is 2.15. The maximum absolute atomic E-state index is 12.3. The number of hydrogen-bond acceptors (Lipinski definition) is 4. The Labute approximate surface area is 124 Å². The van der Waals surface area contributed by atoms with Crippen molar-refractivity contribution in [3.63, 3.8) is 0 Å². The van der Waals surface area contributed by atoms with Crippen LogP contribution in [0, 0.1) is 6.92 Å². The molecular weight excluding hydrogens is 324 g/mol. The van der Waals surface area contributed by atoms with Crippen LogP contribution in [0.1, 0.15) is 16.1 Å². The molecule has 1 aromatic heterocycles. The molecule has 0 aliphatic heterocycles. The number of Topliss-reactive ketones (excluding diaryl/α,β-unsaturated/α-hetero) is 1. The molecule has 104 valence electrons. The number of carbonyl (C=O) groups is 1. The number of rotatable bonds is 4. The Morgan fingerprint density at radius 3 is 2.75 bits per heavy atom. The summed E-state index contributed by atoms with van der Waals surface area (Å²) in [6, 6.07) is 8.57. The average Bonchev–Trinajstić information content (AvgIpc) is 2.41. The topological polar surface area (TPSA) is 61.2 Å². The van der Waals surface area contributed by atoms with E-state index in [0.717, 1.165) is 0 Å². The van der Waals surface area contributed by atoms with Crippen molar-refractivity contribution < 1.29 is 9.53 Å². The van der Waals surface area contributed by atoms with Gasteiger partial charge in [0.15, 0.2) is 5.78 Å². The first-order chi connectivity index (χ1) is 9.52. The van der Waals surface area contributed by atoms with Gasteiger partial charge in [0.25, 0.3) is 11.6 Å². The summed E-state index contributed by atoms with van der Waals surface area (Å²) in [5, 5.41) is 0. The Bertz CT molecular complexity index is 710. The van der Waals surface area contributed by atoms with E-state index >= 15 is 0 Å². The molecule has 0 bridgehead atoms. The van der Waals surface area contributed by atoms with E-state index in [1.54, 1.807) is 25.1 Å². The molecule has 0 unspecified atom stereocenters. The zero-order valence-corrected chi connectivity index (χ0v) is 12.7. The van der Waals surface area contributed by atoms with E-state index < -0.39 is 0 Å². The molecule has 1 heterocycles. The molecule has 20 heavy (non-hydrogen) atoms. The molecule has 1 aromatic carbocycles. The van der Waals surface area contributed by atoms with E-state index in [0.29, 0.717) is 15.7 Å². The van der Waals surface area contributed by atoms with Crippen molar-refractivity contribution >= 4 is 21.7 Å². The van der Waals surface area contributed by atoms with Gasteiger partial charge < -0.3 is 4.74 Å². The fourth-order valence-electron chi connectivity index (χ4n) is 1.81. The van der Waals surface area contributed by atoms with Gasteiger partial charge in [-0.1, -0.05) is 34.1 Å². The third-order valence-corrected chi connectivity index (χ3v) is 3.45. The smallest absolute Gasteiger partial charge is 0.299 e. The molecule has 0 saturated carbocycles. The average molecular weight is 337 g/mol. The molecule has 0 fully saturated rings. The normalized spacial score (nSPS) is 10.3. The molecule has 0 amide bonds. The molecule has 0 atom stereocenters. The first-order valence-corrected chi connectivity index (χ1v) is 6.72. The first kappa shape index (κ1) is 14.5. The first-order valence-electron chi connectivity index (χ1n) is 5.93. The van der Waals surface area contributed by atoms with E-state index in [9.17, 15) is 9.59 Å². The number of ketones is 1. The number of hydrogen-bond donors (Lipinski definition) is 0. The summed E-state index contributed by atoms with van der Waals surface area (Å²) in [6.45, 7) is 1.59. The SMILES string of the molecule is COc1nc(C)cc(=O)n1CC(=O)c1ccccc1Br. The number of carbonyl (C=O) groups excluding carboxylic acids is 1. The van der Waals surface area contributed by atoms with Gasteiger partial charge >= 0.3 is 0 Å². The van der Waals surface area contributed by atoms with Crippen molar-refractivity contribution in [3.8, 4) is 6.01 Å². The van der Waals surface area contributed by atoms with E-state index in [2.05, 4.69) is 20.9 Å². The van der Waals surface area contributed by atoms with Crippen LogP contribution < -0.4 is 10.3 Å². The third kappa shape index (κ3) is 2.96. The highest BCUT2D eigenvalue weighted by atomic mass is 79.9. The molecule has 0 aliphatic rings. The molecule has 0 aliphatic carbocycles. The molecule has 2 rings (SSSR count). The summed E-state index contributed by atoms with van der Waals surface area (Å²) in [6.07, 6.45) is 0. The molecule has 5 nitrogen and oxygen atoms in total. The number of benzene rings is 1. The monoisotopic (exact) mass is 336 g/mol. The van der Waals surface area contributed by atoms with Crippen LogP contribution in [0.15, 0.2) is 39.6 Å². The predicted molar refractivity (Wildman–Crippen MR) is 78.3 cm³/mol. The number of aryl methyl sites for hydroxylation is 1. The molecule has 0 radical (unpaired) electrons. The summed E-state index contributed by atoms with van der Waals surface area (Å²) in [5.41, 5.74) is 0.758. The fraction of sp³-hybridized carbons (Fsp3) is 0.214. The van der Waals surface area contributed by atoms with Crippen LogP contribution in [0.5, 0.6) is 6.01 Å². The van der Waals surface area contributed by atoms with Gasteiger partial charge in [0.1, 0.15) is 0 Å². The Kier molecular flexibility index (Phi) is 4.34. The third-order valence-electron chi connectivity index (χ3n) is 2.76. The Morgan fingerprint density at radius 1 is 1.40 bits per heavy atom. The number of ether oxygens (including phenoxy) is 1. The van der Waals surface area contributed by atoms with E-state index in [4.69, 9.17) is 4.74 Å². The van der Waals surface area contributed by atoms with Crippen LogP contribution in [-0.4, -0.2) is 22.4 Å². The maximum atomic E-state index is 12.3. The minimum Gasteiger partial charge on any atom is -0.468 e. The highest BCUT2D eigenvalue weighted by Crippen LogP contribution is 2.17. The Hall–Kier alpha value is -1.95. The van der Waals surface area contributed by atoms with Crippen molar-refractivity contribution in [2.45, 2.75) is 13.5 Å². The van der Waals surface area contributed by atoms with Crippen LogP contribution >= 0.6 is 15.9 Å². The molecule has 0 spiro atoms. The zero-order chi connectivity index (χ0) is 14.7. The molecular formula is C14H13BrN2O3. The summed E-state index contributed by atoms with van der Waals surface area (Å²) in [4.78, 5) is 28.3. The van der Waals surface area contributed by atoms with Gasteiger partial charge in [-0.15, -0.1) is 0 Å². The minimum absolute atomic E-state index is 0.113. The van der Waals surface area contributed by atoms with Crippen LogP contribution in [-0.2, 0) is 6.54 Å². The Balaban J connectivity index is 2.38. The second kappa shape index (κ2) is 6.00. The maximum Gasteiger partial charge on any atom is 0.299 e. The van der Waals surface area contributed by atoms with Gasteiger partial charge in [0.05, 0.1) is 13.7 Å². The molecule has 0 N–H and O–H groups in total. The van der Waals surface area contributed by atoms with Crippen molar-refractivity contribution in [3.05, 3.63) is 56.4 Å². The van der Waals surface area contributed by atoms with Gasteiger partial charge in [0.2, 0.25) is 0 Å². The number of halogens is 1. The van der Waals surface area contributed by atoms with Crippen molar-refractivity contribution in [1.82, 2.24) is 9.55 Å². The van der Waals surface area contributed by atoms with Crippen LogP contribution in [0.3, 0.4) is 0 Å². The lowest BCUT2D eigenvalue weighted by Crippen LogP contribution is -2.26. The van der Waals surface area contributed by atoms with E-state index in [1.165, 1.54) is 17.7 Å². The minimum atomic E-state index is -0.310. The van der Waals surface area contributed by atoms with Gasteiger partial charge in [-0.3, -0.25) is 14.2 Å². The molecule has 6 heteroatoms. The van der Waals surface area contributed by atoms with Crippen molar-refractivity contribution in [2.75, 3.05) is 7.11 Å². The van der Waals surface area contributed by atoms with Crippen molar-refractivity contribution in [1.29, 1.82) is 0 Å². The second-order valence-corrected chi connectivity index (χ2v) is 5.07. The second-order valence-electron chi connectivity index (χ2n) is 4.21. The van der Waals surface area contributed by atoms with Crippen LogP contribution in [0.25, 0.3) is 0 Å². The van der Waals surface area contributed by atoms with Crippen molar-refractivity contribution in [2.24, 2.45) is 0 Å². The predicted octanol–water partition coefficient (Wildman–Crippen LogP) is 2.21. The molecule has 2 aromatic rings.